The van der Waals surface area contributed by atoms with E-state index in [0.29, 0.717) is 5.92 Å². The van der Waals surface area contributed by atoms with Crippen LogP contribution in [0.15, 0.2) is 18.3 Å². The smallest absolute Gasteiger partial charge is 0.170 e. The SMILES string of the molecule is CC1CCOC1C(=O)C1CCc2cccnc21. The van der Waals surface area contributed by atoms with Gasteiger partial charge in [0.2, 0.25) is 0 Å². The number of carbonyl (C=O) groups excluding carboxylic acids is 1. The summed E-state index contributed by atoms with van der Waals surface area (Å²) in [5.41, 5.74) is 2.22. The average Bonchev–Trinajstić information content (AvgIpc) is 2.94. The second-order valence-electron chi connectivity index (χ2n) is 5.10. The number of Topliss-reactive ketones (excluding diaryl/α,β-unsaturated/α-hetero) is 1. The molecule has 1 aromatic rings. The second kappa shape index (κ2) is 4.22. The fourth-order valence-electron chi connectivity index (χ4n) is 2.95. The monoisotopic (exact) mass is 231 g/mol. The van der Waals surface area contributed by atoms with Crippen molar-refractivity contribution in [3.05, 3.63) is 29.6 Å². The third kappa shape index (κ3) is 1.78. The van der Waals surface area contributed by atoms with Gasteiger partial charge in [0, 0.05) is 12.8 Å². The Kier molecular flexibility index (Phi) is 2.71. The van der Waals surface area contributed by atoms with Gasteiger partial charge in [0.25, 0.3) is 0 Å². The lowest BCUT2D eigenvalue weighted by molar-refractivity contribution is -0.130. The van der Waals surface area contributed by atoms with Gasteiger partial charge in [-0.15, -0.1) is 0 Å². The number of carbonyl (C=O) groups is 1. The molecule has 3 heteroatoms. The molecule has 2 aliphatic rings. The minimum absolute atomic E-state index is 0.0308. The summed E-state index contributed by atoms with van der Waals surface area (Å²) in [5.74, 6) is 0.569. The van der Waals surface area contributed by atoms with Gasteiger partial charge in [0.15, 0.2) is 5.78 Å². The van der Waals surface area contributed by atoms with Crippen molar-refractivity contribution in [2.45, 2.75) is 38.2 Å². The fourth-order valence-corrected chi connectivity index (χ4v) is 2.95. The second-order valence-corrected chi connectivity index (χ2v) is 5.10. The van der Waals surface area contributed by atoms with Crippen LogP contribution in [-0.4, -0.2) is 23.5 Å². The normalized spacial score (nSPS) is 31.5. The average molecular weight is 231 g/mol. The van der Waals surface area contributed by atoms with E-state index >= 15 is 0 Å². The third-order valence-corrected chi connectivity index (χ3v) is 3.97. The number of hydrogen-bond donors (Lipinski definition) is 0. The zero-order valence-corrected chi connectivity index (χ0v) is 10.1. The largest absolute Gasteiger partial charge is 0.370 e. The number of rotatable bonds is 2. The lowest BCUT2D eigenvalue weighted by Gasteiger charge is -2.17. The first-order chi connectivity index (χ1) is 8.27. The predicted molar refractivity (Wildman–Crippen MR) is 63.8 cm³/mol. The van der Waals surface area contributed by atoms with E-state index in [9.17, 15) is 4.79 Å². The van der Waals surface area contributed by atoms with E-state index < -0.39 is 0 Å². The van der Waals surface area contributed by atoms with Gasteiger partial charge in [-0.1, -0.05) is 13.0 Å². The van der Waals surface area contributed by atoms with Crippen LogP contribution in [0.5, 0.6) is 0 Å². The molecular weight excluding hydrogens is 214 g/mol. The summed E-state index contributed by atoms with van der Waals surface area (Å²) in [6.07, 6.45) is 4.45. The summed E-state index contributed by atoms with van der Waals surface area (Å²) in [4.78, 5) is 16.8. The molecule has 1 saturated heterocycles. The molecule has 3 nitrogen and oxygen atoms in total. The highest BCUT2D eigenvalue weighted by atomic mass is 16.5. The molecule has 2 heterocycles. The van der Waals surface area contributed by atoms with Gasteiger partial charge in [-0.2, -0.15) is 0 Å². The number of nitrogens with zero attached hydrogens (tertiary/aromatic N) is 1. The summed E-state index contributed by atoms with van der Waals surface area (Å²) in [6, 6.07) is 4.02. The van der Waals surface area contributed by atoms with Gasteiger partial charge in [0.1, 0.15) is 6.10 Å². The number of hydrogen-bond acceptors (Lipinski definition) is 3. The van der Waals surface area contributed by atoms with Crippen LogP contribution in [-0.2, 0) is 16.0 Å². The van der Waals surface area contributed by atoms with Crippen LogP contribution in [0.25, 0.3) is 0 Å². The van der Waals surface area contributed by atoms with E-state index in [-0.39, 0.29) is 17.8 Å². The highest BCUT2D eigenvalue weighted by molar-refractivity contribution is 5.90. The predicted octanol–water partition coefficient (Wildman–Crippen LogP) is 2.11. The zero-order valence-electron chi connectivity index (χ0n) is 10.1. The summed E-state index contributed by atoms with van der Waals surface area (Å²) >= 11 is 0. The first-order valence-corrected chi connectivity index (χ1v) is 6.36. The maximum absolute atomic E-state index is 12.5. The van der Waals surface area contributed by atoms with Crippen LogP contribution in [0.2, 0.25) is 0 Å². The molecule has 3 unspecified atom stereocenters. The first kappa shape index (κ1) is 10.9. The number of aryl methyl sites for hydroxylation is 1. The van der Waals surface area contributed by atoms with Gasteiger partial charge in [-0.05, 0) is 36.8 Å². The highest BCUT2D eigenvalue weighted by Gasteiger charge is 2.39. The molecule has 0 saturated carbocycles. The summed E-state index contributed by atoms with van der Waals surface area (Å²) < 4.78 is 5.58. The van der Waals surface area contributed by atoms with E-state index in [2.05, 4.69) is 18.0 Å². The Bertz CT molecular complexity index is 444. The Morgan fingerprint density at radius 2 is 2.35 bits per heavy atom. The zero-order chi connectivity index (χ0) is 11.8. The van der Waals surface area contributed by atoms with Crippen LogP contribution < -0.4 is 0 Å². The lowest BCUT2D eigenvalue weighted by Crippen LogP contribution is -2.29. The maximum Gasteiger partial charge on any atom is 0.170 e. The quantitative estimate of drug-likeness (QED) is 0.782. The van der Waals surface area contributed by atoms with Crippen LogP contribution in [0.3, 0.4) is 0 Å². The Labute approximate surface area is 101 Å². The summed E-state index contributed by atoms with van der Waals surface area (Å²) in [6.45, 7) is 2.82. The molecular formula is C14H17NO2. The molecule has 1 aliphatic carbocycles. The Balaban J connectivity index is 1.84. The van der Waals surface area contributed by atoms with Crippen molar-refractivity contribution in [1.29, 1.82) is 0 Å². The highest BCUT2D eigenvalue weighted by Crippen LogP contribution is 2.35. The number of fused-ring (bicyclic) bond motifs is 1. The van der Waals surface area contributed by atoms with Crippen LogP contribution in [0.1, 0.15) is 36.9 Å². The Morgan fingerprint density at radius 1 is 1.47 bits per heavy atom. The molecule has 90 valence electrons. The van der Waals surface area contributed by atoms with Crippen molar-refractivity contribution in [2.24, 2.45) is 5.92 Å². The summed E-state index contributed by atoms with van der Waals surface area (Å²) in [7, 11) is 0. The van der Waals surface area contributed by atoms with Gasteiger partial charge < -0.3 is 4.74 Å². The molecule has 3 atom stereocenters. The van der Waals surface area contributed by atoms with Crippen molar-refractivity contribution < 1.29 is 9.53 Å². The molecule has 0 aromatic carbocycles. The minimum Gasteiger partial charge on any atom is -0.370 e. The van der Waals surface area contributed by atoms with Crippen molar-refractivity contribution in [3.63, 3.8) is 0 Å². The van der Waals surface area contributed by atoms with Gasteiger partial charge in [-0.3, -0.25) is 9.78 Å². The van der Waals surface area contributed by atoms with Gasteiger partial charge in [-0.25, -0.2) is 0 Å². The number of pyridine rings is 1. The van der Waals surface area contributed by atoms with E-state index in [0.717, 1.165) is 31.6 Å². The number of ketones is 1. The molecule has 0 radical (unpaired) electrons. The van der Waals surface area contributed by atoms with E-state index in [1.54, 1.807) is 6.20 Å². The molecule has 0 N–H and O–H groups in total. The molecule has 17 heavy (non-hydrogen) atoms. The molecule has 3 rings (SSSR count). The van der Waals surface area contributed by atoms with Crippen LogP contribution in [0, 0.1) is 5.92 Å². The molecule has 0 bridgehead atoms. The fraction of sp³-hybridized carbons (Fsp3) is 0.571. The standard InChI is InChI=1S/C14H17NO2/c1-9-6-8-17-14(9)13(16)11-5-4-10-3-2-7-15-12(10)11/h2-3,7,9,11,14H,4-6,8H2,1H3. The van der Waals surface area contributed by atoms with Crippen molar-refractivity contribution in [3.8, 4) is 0 Å². The molecule has 0 spiro atoms. The first-order valence-electron chi connectivity index (χ1n) is 6.36. The van der Waals surface area contributed by atoms with E-state index in [4.69, 9.17) is 4.74 Å². The number of ether oxygens (including phenoxy) is 1. The van der Waals surface area contributed by atoms with Crippen molar-refractivity contribution in [1.82, 2.24) is 4.98 Å². The maximum atomic E-state index is 12.5. The summed E-state index contributed by atoms with van der Waals surface area (Å²) in [5, 5.41) is 0. The van der Waals surface area contributed by atoms with E-state index in [1.807, 2.05) is 6.07 Å². The van der Waals surface area contributed by atoms with Crippen LogP contribution in [0.4, 0.5) is 0 Å². The van der Waals surface area contributed by atoms with Crippen molar-refractivity contribution in [2.75, 3.05) is 6.61 Å². The molecule has 1 aliphatic heterocycles. The van der Waals surface area contributed by atoms with Gasteiger partial charge >= 0.3 is 0 Å². The topological polar surface area (TPSA) is 39.2 Å². The number of aromatic nitrogens is 1. The molecule has 1 fully saturated rings. The Hall–Kier alpha value is -1.22. The lowest BCUT2D eigenvalue weighted by atomic mass is 9.91. The minimum atomic E-state index is -0.201. The van der Waals surface area contributed by atoms with Gasteiger partial charge in [0.05, 0.1) is 11.6 Å². The molecule has 0 amide bonds. The molecule has 1 aromatic heterocycles. The Morgan fingerprint density at radius 3 is 3.12 bits per heavy atom. The third-order valence-electron chi connectivity index (χ3n) is 3.97. The van der Waals surface area contributed by atoms with E-state index in [1.165, 1.54) is 5.56 Å². The van der Waals surface area contributed by atoms with Crippen molar-refractivity contribution >= 4 is 5.78 Å². The van der Waals surface area contributed by atoms with Crippen LogP contribution >= 0.6 is 0 Å².